The Morgan fingerprint density at radius 2 is 1.88 bits per heavy atom. The number of benzene rings is 1. The lowest BCUT2D eigenvalue weighted by Gasteiger charge is -2.37. The molecule has 0 spiro atoms. The maximum atomic E-state index is 15.1. The lowest BCUT2D eigenvalue weighted by Crippen LogP contribution is -2.54. The van der Waals surface area contributed by atoms with E-state index in [-0.39, 0.29) is 16.8 Å². The maximum absolute atomic E-state index is 15.1. The molecular formula is C22H23FN4O5S2. The van der Waals surface area contributed by atoms with Gasteiger partial charge in [0.15, 0.2) is 0 Å². The molecule has 2 atom stereocenters. The fourth-order valence-electron chi connectivity index (χ4n) is 4.81. The Morgan fingerprint density at radius 1 is 1.15 bits per heavy atom. The third-order valence-electron chi connectivity index (χ3n) is 6.53. The average Bonchev–Trinajstić information content (AvgIpc) is 3.55. The highest BCUT2D eigenvalue weighted by Crippen LogP contribution is 2.40. The number of sulfonamides is 1. The second-order valence-electron chi connectivity index (χ2n) is 8.72. The molecule has 3 aromatic rings. The minimum atomic E-state index is -4.47. The second kappa shape index (κ2) is 7.85. The summed E-state index contributed by atoms with van der Waals surface area (Å²) >= 11 is 0. The van der Waals surface area contributed by atoms with Gasteiger partial charge in [0, 0.05) is 30.2 Å². The van der Waals surface area contributed by atoms with E-state index in [0.717, 1.165) is 29.3 Å². The van der Waals surface area contributed by atoms with Gasteiger partial charge in [0.2, 0.25) is 32.3 Å². The molecule has 0 saturated carbocycles. The molecule has 0 radical (unpaired) electrons. The molecule has 1 fully saturated rings. The first kappa shape index (κ1) is 22.9. The Bertz CT molecular complexity index is 1540. The van der Waals surface area contributed by atoms with Gasteiger partial charge in [-0.05, 0) is 44.9 Å². The van der Waals surface area contributed by atoms with Crippen molar-refractivity contribution in [2.75, 3.05) is 13.1 Å². The number of hydrogen-bond acceptors (Lipinski definition) is 7. The summed E-state index contributed by atoms with van der Waals surface area (Å²) in [4.78, 5) is 0. The highest BCUT2D eigenvalue weighted by Gasteiger charge is 2.53. The van der Waals surface area contributed by atoms with Crippen molar-refractivity contribution in [2.24, 2.45) is 0 Å². The number of aromatic nitrogens is 3. The van der Waals surface area contributed by atoms with Gasteiger partial charge >= 0.3 is 0 Å². The largest absolute Gasteiger partial charge is 0.423 e. The summed E-state index contributed by atoms with van der Waals surface area (Å²) in [6.07, 6.45) is 8.26. The summed E-state index contributed by atoms with van der Waals surface area (Å²) < 4.78 is 75.9. The topological polar surface area (TPSA) is 115 Å². The van der Waals surface area contributed by atoms with Gasteiger partial charge in [0.25, 0.3) is 0 Å². The van der Waals surface area contributed by atoms with Crippen molar-refractivity contribution in [2.45, 2.75) is 36.7 Å². The van der Waals surface area contributed by atoms with Crippen molar-refractivity contribution in [3.8, 4) is 11.5 Å². The molecular weight excluding hydrogens is 483 g/mol. The molecule has 1 aliphatic carbocycles. The minimum absolute atomic E-state index is 0.109. The van der Waals surface area contributed by atoms with Crippen LogP contribution in [0.25, 0.3) is 22.4 Å². The van der Waals surface area contributed by atoms with Crippen LogP contribution in [0, 0.1) is 5.82 Å². The standard InChI is InChI=1S/C22H23FN4O5S2/c1-15-5-8-19(33(28,29)26-10-3-4-11-26)22(2,13-15)34(30,31)27-12-9-16-17(21-25-24-14-32-21)6-7-18(23)20(16)27/h5-9,12-14,19H,3-4,10-11H2,1-2H3. The average molecular weight is 507 g/mol. The summed E-state index contributed by atoms with van der Waals surface area (Å²) in [6.45, 7) is 3.77. The third kappa shape index (κ3) is 3.27. The Balaban J connectivity index is 1.71. The van der Waals surface area contributed by atoms with E-state index in [1.165, 1.54) is 41.7 Å². The van der Waals surface area contributed by atoms with Gasteiger partial charge in [-0.15, -0.1) is 10.2 Å². The van der Waals surface area contributed by atoms with Gasteiger partial charge in [-0.3, -0.25) is 0 Å². The zero-order chi connectivity index (χ0) is 24.3. The summed E-state index contributed by atoms with van der Waals surface area (Å²) in [5.41, 5.74) is 0.752. The lowest BCUT2D eigenvalue weighted by molar-refractivity contribution is 0.460. The molecule has 180 valence electrons. The monoisotopic (exact) mass is 506 g/mol. The van der Waals surface area contributed by atoms with Crippen molar-refractivity contribution < 1.29 is 25.6 Å². The molecule has 12 heteroatoms. The van der Waals surface area contributed by atoms with E-state index in [2.05, 4.69) is 10.2 Å². The van der Waals surface area contributed by atoms with Gasteiger partial charge in [0.05, 0.1) is 0 Å². The van der Waals surface area contributed by atoms with Crippen LogP contribution < -0.4 is 0 Å². The number of allylic oxidation sites excluding steroid dienone is 2. The number of hydrogen-bond donors (Lipinski definition) is 0. The van der Waals surface area contributed by atoms with Crippen molar-refractivity contribution in [3.63, 3.8) is 0 Å². The maximum Gasteiger partial charge on any atom is 0.249 e. The summed E-state index contributed by atoms with van der Waals surface area (Å²) in [5, 5.41) is 6.35. The van der Waals surface area contributed by atoms with E-state index >= 15 is 4.39 Å². The van der Waals surface area contributed by atoms with Crippen LogP contribution in [-0.2, 0) is 20.0 Å². The molecule has 0 bridgehead atoms. The van der Waals surface area contributed by atoms with Crippen LogP contribution in [0.15, 0.2) is 59.0 Å². The molecule has 2 unspecified atom stereocenters. The first-order chi connectivity index (χ1) is 16.1. The molecule has 2 aromatic heterocycles. The van der Waals surface area contributed by atoms with Gasteiger partial charge in [-0.2, -0.15) is 0 Å². The molecule has 1 aliphatic heterocycles. The Morgan fingerprint density at radius 3 is 2.56 bits per heavy atom. The van der Waals surface area contributed by atoms with E-state index in [0.29, 0.717) is 24.2 Å². The van der Waals surface area contributed by atoms with Gasteiger partial charge in [-0.1, -0.05) is 23.8 Å². The molecule has 0 amide bonds. The lowest BCUT2D eigenvalue weighted by atomic mass is 9.97. The van der Waals surface area contributed by atoms with Crippen molar-refractivity contribution in [1.29, 1.82) is 0 Å². The van der Waals surface area contributed by atoms with Crippen LogP contribution in [0.5, 0.6) is 0 Å². The number of halogens is 1. The minimum Gasteiger partial charge on any atom is -0.423 e. The smallest absolute Gasteiger partial charge is 0.249 e. The molecule has 3 heterocycles. The predicted molar refractivity (Wildman–Crippen MR) is 124 cm³/mol. The van der Waals surface area contributed by atoms with Gasteiger partial charge < -0.3 is 4.42 Å². The fourth-order valence-corrected chi connectivity index (χ4v) is 9.34. The molecule has 9 nitrogen and oxygen atoms in total. The van der Waals surface area contributed by atoms with Gasteiger partial charge in [0.1, 0.15) is 21.3 Å². The van der Waals surface area contributed by atoms with Crippen LogP contribution in [0.2, 0.25) is 0 Å². The van der Waals surface area contributed by atoms with E-state index in [1.54, 1.807) is 13.0 Å². The van der Waals surface area contributed by atoms with Crippen molar-refractivity contribution in [3.05, 3.63) is 60.4 Å². The molecule has 2 aliphatic rings. The van der Waals surface area contributed by atoms with Crippen LogP contribution in [0.1, 0.15) is 26.7 Å². The normalized spacial score (nSPS) is 24.1. The number of fused-ring (bicyclic) bond motifs is 1. The van der Waals surface area contributed by atoms with Crippen LogP contribution >= 0.6 is 0 Å². The van der Waals surface area contributed by atoms with Crippen molar-refractivity contribution in [1.82, 2.24) is 18.5 Å². The van der Waals surface area contributed by atoms with E-state index in [9.17, 15) is 16.8 Å². The van der Waals surface area contributed by atoms with Crippen LogP contribution in [0.4, 0.5) is 4.39 Å². The Labute approximate surface area is 196 Å². The van der Waals surface area contributed by atoms with E-state index in [4.69, 9.17) is 4.42 Å². The van der Waals surface area contributed by atoms with E-state index in [1.807, 2.05) is 0 Å². The van der Waals surface area contributed by atoms with Crippen LogP contribution in [-0.4, -0.2) is 58.4 Å². The highest BCUT2D eigenvalue weighted by atomic mass is 32.2. The fraction of sp³-hybridized carbons (Fsp3) is 0.364. The number of rotatable bonds is 5. The zero-order valence-electron chi connectivity index (χ0n) is 18.5. The quantitative estimate of drug-likeness (QED) is 0.522. The molecule has 1 saturated heterocycles. The number of nitrogens with zero attached hydrogens (tertiary/aromatic N) is 4. The van der Waals surface area contributed by atoms with Gasteiger partial charge in [-0.25, -0.2) is 29.5 Å². The first-order valence-electron chi connectivity index (χ1n) is 10.8. The molecule has 0 N–H and O–H groups in total. The molecule has 34 heavy (non-hydrogen) atoms. The molecule has 5 rings (SSSR count). The Kier molecular flexibility index (Phi) is 5.30. The predicted octanol–water partition coefficient (Wildman–Crippen LogP) is 3.08. The Hall–Kier alpha value is -2.83. The highest BCUT2D eigenvalue weighted by molar-refractivity contribution is 7.95. The SMILES string of the molecule is CC1=CC(C)(S(=O)(=O)n2ccc3c(-c4nnco4)ccc(F)c32)C(S(=O)(=O)N2CCCC2)C=C1. The zero-order valence-corrected chi connectivity index (χ0v) is 20.2. The summed E-state index contributed by atoms with van der Waals surface area (Å²) in [5.74, 6) is -0.668. The van der Waals surface area contributed by atoms with Crippen molar-refractivity contribution >= 4 is 30.9 Å². The summed E-state index contributed by atoms with van der Waals surface area (Å²) in [6, 6.07) is 3.99. The summed E-state index contributed by atoms with van der Waals surface area (Å²) in [7, 11) is -8.46. The molecule has 1 aromatic carbocycles. The second-order valence-corrected chi connectivity index (χ2v) is 13.0. The van der Waals surface area contributed by atoms with Crippen LogP contribution in [0.3, 0.4) is 0 Å². The third-order valence-corrected chi connectivity index (χ3v) is 11.4. The first-order valence-corrected chi connectivity index (χ1v) is 13.7. The van der Waals surface area contributed by atoms with E-state index < -0.39 is 35.9 Å².